The van der Waals surface area contributed by atoms with Gasteiger partial charge in [0.25, 0.3) is 17.8 Å². The van der Waals surface area contributed by atoms with Gasteiger partial charge in [0.1, 0.15) is 0 Å². The van der Waals surface area contributed by atoms with Crippen LogP contribution in [0.1, 0.15) is 91.4 Å². The molecule has 12 heteroatoms. The van der Waals surface area contributed by atoms with E-state index < -0.39 is 11.7 Å². The molecule has 0 bridgehead atoms. The van der Waals surface area contributed by atoms with Crippen molar-refractivity contribution < 1.29 is 22.8 Å². The summed E-state index contributed by atoms with van der Waals surface area (Å²) in [7, 11) is 0. The molecule has 1 fully saturated rings. The van der Waals surface area contributed by atoms with Gasteiger partial charge < -0.3 is 9.80 Å². The number of aromatic nitrogens is 4. The molecule has 9 nitrogen and oxygen atoms in total. The Kier molecular flexibility index (Phi) is 8.44. The highest BCUT2D eigenvalue weighted by Crippen LogP contribution is 2.47. The molecule has 3 aliphatic rings. The predicted molar refractivity (Wildman–Crippen MR) is 180 cm³/mol. The molecule has 0 saturated heterocycles. The maximum atomic E-state index is 14.5. The number of anilines is 2. The first kappa shape index (κ1) is 32.8. The fourth-order valence-corrected chi connectivity index (χ4v) is 7.73. The molecule has 2 amide bonds. The maximum Gasteiger partial charge on any atom is 0.416 e. The van der Waals surface area contributed by atoms with Crippen LogP contribution in [0.3, 0.4) is 0 Å². The minimum atomic E-state index is -4.47. The third kappa shape index (κ3) is 6.40. The zero-order chi connectivity index (χ0) is 34.6. The number of nitrogens with zero attached hydrogens (tertiary/aromatic N) is 7. The summed E-state index contributed by atoms with van der Waals surface area (Å²) in [5.41, 5.74) is 5.39. The number of amides is 2. The standard InChI is InChI=1S/C37H40F3N7O2/c1-22-16-23(2)18-27(17-22)21-46(36-41-43-47(42-36)15-14-45-34(48)28-8-5-6-9-29(28)35(45)49)31-10-7-13-44(20-26-11-12-26)33-25(4)32(37(38,39)40)24(3)19-30(31)33/h5-6,8-9,16-19,26,31H,7,10-15,20-21H2,1-4H3/t31-/m0/s1. The fraction of sp³-hybridized carbons (Fsp3) is 0.432. The van der Waals surface area contributed by atoms with Crippen molar-refractivity contribution in [3.8, 4) is 0 Å². The van der Waals surface area contributed by atoms with Gasteiger partial charge >= 0.3 is 6.18 Å². The van der Waals surface area contributed by atoms with Gasteiger partial charge in [0, 0.05) is 25.3 Å². The van der Waals surface area contributed by atoms with Crippen LogP contribution in [0.4, 0.5) is 24.8 Å². The molecule has 0 unspecified atom stereocenters. The Bertz CT molecular complexity index is 1880. The van der Waals surface area contributed by atoms with E-state index >= 15 is 0 Å². The number of aryl methyl sites for hydroxylation is 3. The first-order valence-electron chi connectivity index (χ1n) is 16.9. The van der Waals surface area contributed by atoms with E-state index in [0.717, 1.165) is 48.1 Å². The minimum absolute atomic E-state index is 0.0697. The Balaban J connectivity index is 1.26. The molecule has 1 saturated carbocycles. The van der Waals surface area contributed by atoms with Crippen LogP contribution in [0, 0.1) is 33.6 Å². The van der Waals surface area contributed by atoms with Crippen molar-refractivity contribution in [3.63, 3.8) is 0 Å². The lowest BCUT2D eigenvalue weighted by Gasteiger charge is -2.34. The van der Waals surface area contributed by atoms with E-state index in [-0.39, 0.29) is 42.1 Å². The minimum Gasteiger partial charge on any atom is -0.371 e. The molecular formula is C37H40F3N7O2. The van der Waals surface area contributed by atoms with Crippen LogP contribution < -0.4 is 9.80 Å². The molecule has 0 spiro atoms. The van der Waals surface area contributed by atoms with E-state index in [9.17, 15) is 22.8 Å². The van der Waals surface area contributed by atoms with Gasteiger partial charge in [-0.15, -0.1) is 5.10 Å². The fourth-order valence-electron chi connectivity index (χ4n) is 7.73. The van der Waals surface area contributed by atoms with E-state index in [4.69, 9.17) is 5.10 Å². The van der Waals surface area contributed by atoms with Crippen molar-refractivity contribution in [2.45, 2.75) is 78.7 Å². The molecule has 3 heterocycles. The second-order valence-corrected chi connectivity index (χ2v) is 13.8. The van der Waals surface area contributed by atoms with Crippen molar-refractivity contribution in [2.24, 2.45) is 5.92 Å². The van der Waals surface area contributed by atoms with E-state index in [0.29, 0.717) is 48.2 Å². The SMILES string of the molecule is Cc1cc(C)cc(CN(c2nnn(CCN3C(=O)c4ccccc4C3=O)n2)[C@H]2CCCN(CC3CC3)c3c2cc(C)c(C(F)(F)F)c3C)c1. The number of carbonyl (C=O) groups is 2. The number of halogens is 3. The third-order valence-electron chi connectivity index (χ3n) is 9.92. The molecule has 1 atom stereocenters. The smallest absolute Gasteiger partial charge is 0.371 e. The summed E-state index contributed by atoms with van der Waals surface area (Å²) < 4.78 is 43.4. The molecular weight excluding hydrogens is 631 g/mol. The quantitative estimate of drug-likeness (QED) is 0.178. The highest BCUT2D eigenvalue weighted by Gasteiger charge is 2.40. The van der Waals surface area contributed by atoms with Gasteiger partial charge in [-0.25, -0.2) is 0 Å². The highest BCUT2D eigenvalue weighted by atomic mass is 19.4. The summed E-state index contributed by atoms with van der Waals surface area (Å²) >= 11 is 0. The topological polar surface area (TPSA) is 87.5 Å². The second-order valence-electron chi connectivity index (χ2n) is 13.8. The average molecular weight is 672 g/mol. The van der Waals surface area contributed by atoms with E-state index in [1.54, 1.807) is 44.2 Å². The highest BCUT2D eigenvalue weighted by molar-refractivity contribution is 6.21. The molecule has 49 heavy (non-hydrogen) atoms. The van der Waals surface area contributed by atoms with Crippen LogP contribution in [-0.4, -0.2) is 56.6 Å². The number of alkyl halides is 3. The van der Waals surface area contributed by atoms with E-state index in [1.807, 2.05) is 13.8 Å². The number of tetrazole rings is 1. The average Bonchev–Trinajstić information content (AvgIpc) is 3.71. The van der Waals surface area contributed by atoms with E-state index in [1.165, 1.54) is 9.70 Å². The zero-order valence-corrected chi connectivity index (χ0v) is 28.2. The van der Waals surface area contributed by atoms with Crippen LogP contribution in [0.2, 0.25) is 0 Å². The summed E-state index contributed by atoms with van der Waals surface area (Å²) in [5, 5.41) is 13.5. The molecule has 256 valence electrons. The van der Waals surface area contributed by atoms with Crippen molar-refractivity contribution in [1.82, 2.24) is 25.1 Å². The summed E-state index contributed by atoms with van der Waals surface area (Å²) in [5.74, 6) is 0.122. The van der Waals surface area contributed by atoms with Crippen molar-refractivity contribution >= 4 is 23.5 Å². The van der Waals surface area contributed by atoms with Gasteiger partial charge in [-0.3, -0.25) is 14.5 Å². The number of benzene rings is 3. The van der Waals surface area contributed by atoms with Crippen LogP contribution in [-0.2, 0) is 19.3 Å². The summed E-state index contributed by atoms with van der Waals surface area (Å²) in [6.07, 6.45) is -0.813. The largest absolute Gasteiger partial charge is 0.416 e. The Labute approximate surface area is 283 Å². The number of imide groups is 1. The molecule has 0 radical (unpaired) electrons. The third-order valence-corrected chi connectivity index (χ3v) is 9.92. The van der Waals surface area contributed by atoms with E-state index in [2.05, 4.69) is 38.3 Å². The molecule has 7 rings (SSSR count). The lowest BCUT2D eigenvalue weighted by atomic mass is 9.90. The molecule has 1 aromatic heterocycles. The predicted octanol–water partition coefficient (Wildman–Crippen LogP) is 6.98. The number of fused-ring (bicyclic) bond motifs is 2. The van der Waals surface area contributed by atoms with Crippen molar-refractivity contribution in [3.05, 3.63) is 98.6 Å². The Hall–Kier alpha value is -4.74. The van der Waals surface area contributed by atoms with Gasteiger partial charge in [-0.05, 0) is 98.9 Å². The lowest BCUT2D eigenvalue weighted by Crippen LogP contribution is -2.33. The maximum absolute atomic E-state index is 14.5. The van der Waals surface area contributed by atoms with Gasteiger partial charge in [-0.1, -0.05) is 52.6 Å². The van der Waals surface area contributed by atoms with Crippen LogP contribution in [0.5, 0.6) is 0 Å². The Morgan fingerprint density at radius 1 is 0.898 bits per heavy atom. The van der Waals surface area contributed by atoms with Gasteiger partial charge in [-0.2, -0.15) is 18.0 Å². The molecule has 1 aliphatic carbocycles. The lowest BCUT2D eigenvalue weighted by molar-refractivity contribution is -0.138. The van der Waals surface area contributed by atoms with Crippen LogP contribution >= 0.6 is 0 Å². The number of hydrogen-bond acceptors (Lipinski definition) is 7. The van der Waals surface area contributed by atoms with Gasteiger partial charge in [0.05, 0.1) is 35.8 Å². The van der Waals surface area contributed by atoms with Crippen LogP contribution in [0.15, 0.2) is 48.5 Å². The summed E-state index contributed by atoms with van der Waals surface area (Å²) in [6.45, 7) is 9.26. The Morgan fingerprint density at radius 3 is 2.20 bits per heavy atom. The van der Waals surface area contributed by atoms with Gasteiger partial charge in [0.15, 0.2) is 0 Å². The zero-order valence-electron chi connectivity index (χ0n) is 28.2. The molecule has 0 N–H and O–H groups in total. The summed E-state index contributed by atoms with van der Waals surface area (Å²) in [4.78, 5) is 32.7. The molecule has 4 aromatic rings. The second kappa shape index (κ2) is 12.6. The first-order valence-corrected chi connectivity index (χ1v) is 16.9. The van der Waals surface area contributed by atoms with Crippen molar-refractivity contribution in [2.75, 3.05) is 29.4 Å². The molecule has 3 aromatic carbocycles. The summed E-state index contributed by atoms with van der Waals surface area (Å²) in [6, 6.07) is 14.5. The Morgan fingerprint density at radius 2 is 1.57 bits per heavy atom. The van der Waals surface area contributed by atoms with Crippen molar-refractivity contribution in [1.29, 1.82) is 0 Å². The number of hydrogen-bond donors (Lipinski definition) is 0. The number of carbonyl (C=O) groups excluding carboxylic acids is 2. The van der Waals surface area contributed by atoms with Crippen LogP contribution in [0.25, 0.3) is 0 Å². The monoisotopic (exact) mass is 671 g/mol. The first-order chi connectivity index (χ1) is 23.4. The van der Waals surface area contributed by atoms with Gasteiger partial charge in [0.2, 0.25) is 0 Å². The number of rotatable bonds is 9. The normalized spacial score (nSPS) is 17.7. The molecule has 2 aliphatic heterocycles.